The number of anilines is 1. The predicted molar refractivity (Wildman–Crippen MR) is 75.0 cm³/mol. The predicted octanol–water partition coefficient (Wildman–Crippen LogP) is 2.65. The van der Waals surface area contributed by atoms with Crippen LogP contribution in [0.5, 0.6) is 0 Å². The third-order valence-corrected chi connectivity index (χ3v) is 3.67. The largest absolute Gasteiger partial charge is 0.370 e. The molecule has 0 radical (unpaired) electrons. The molecule has 0 bridgehead atoms. The molecule has 3 nitrogen and oxygen atoms in total. The van der Waals surface area contributed by atoms with Crippen molar-refractivity contribution >= 4 is 17.3 Å². The Morgan fingerprint density at radius 2 is 2.39 bits per heavy atom. The van der Waals surface area contributed by atoms with Crippen molar-refractivity contribution in [2.45, 2.75) is 12.8 Å². The number of nitriles is 1. The summed E-state index contributed by atoms with van der Waals surface area (Å²) < 4.78 is 0. The molecule has 1 heterocycles. The summed E-state index contributed by atoms with van der Waals surface area (Å²) in [6, 6.07) is 7.74. The highest BCUT2D eigenvalue weighted by molar-refractivity contribution is 6.30. The van der Waals surface area contributed by atoms with Gasteiger partial charge < -0.3 is 10.2 Å². The van der Waals surface area contributed by atoms with E-state index in [1.54, 1.807) is 12.1 Å². The van der Waals surface area contributed by atoms with Crippen molar-refractivity contribution in [3.05, 3.63) is 28.8 Å². The molecule has 1 aliphatic rings. The van der Waals surface area contributed by atoms with Crippen molar-refractivity contribution in [2.24, 2.45) is 5.92 Å². The second-order valence-electron chi connectivity index (χ2n) is 4.79. The fourth-order valence-electron chi connectivity index (χ4n) is 2.60. The van der Waals surface area contributed by atoms with E-state index in [2.05, 4.69) is 16.3 Å². The van der Waals surface area contributed by atoms with Crippen molar-refractivity contribution in [1.82, 2.24) is 5.32 Å². The zero-order chi connectivity index (χ0) is 13.0. The van der Waals surface area contributed by atoms with Crippen molar-refractivity contribution in [3.8, 4) is 6.07 Å². The van der Waals surface area contributed by atoms with Crippen LogP contribution in [0.1, 0.15) is 18.4 Å². The molecule has 0 amide bonds. The van der Waals surface area contributed by atoms with Gasteiger partial charge in [-0.15, -0.1) is 0 Å². The smallest absolute Gasteiger partial charge is 0.101 e. The zero-order valence-corrected chi connectivity index (χ0v) is 11.4. The third kappa shape index (κ3) is 2.95. The number of hydrogen-bond acceptors (Lipinski definition) is 3. The lowest BCUT2D eigenvalue weighted by Crippen LogP contribution is -2.39. The number of benzene rings is 1. The first kappa shape index (κ1) is 13.2. The highest BCUT2D eigenvalue weighted by Gasteiger charge is 2.21. The molecule has 1 aromatic rings. The molecular formula is C14H18ClN3. The minimum atomic E-state index is 0.647. The van der Waals surface area contributed by atoms with Gasteiger partial charge >= 0.3 is 0 Å². The van der Waals surface area contributed by atoms with Crippen molar-refractivity contribution in [3.63, 3.8) is 0 Å². The van der Waals surface area contributed by atoms with Gasteiger partial charge in [0, 0.05) is 18.1 Å². The summed E-state index contributed by atoms with van der Waals surface area (Å²) in [5.74, 6) is 0.647. The summed E-state index contributed by atoms with van der Waals surface area (Å²) >= 11 is 6.04. The van der Waals surface area contributed by atoms with E-state index < -0.39 is 0 Å². The monoisotopic (exact) mass is 263 g/mol. The van der Waals surface area contributed by atoms with E-state index in [1.165, 1.54) is 12.8 Å². The van der Waals surface area contributed by atoms with Crippen LogP contribution in [0.4, 0.5) is 5.69 Å². The van der Waals surface area contributed by atoms with Crippen molar-refractivity contribution in [1.29, 1.82) is 5.26 Å². The first-order valence-electron chi connectivity index (χ1n) is 6.33. The summed E-state index contributed by atoms with van der Waals surface area (Å²) in [5.41, 5.74) is 1.69. The van der Waals surface area contributed by atoms with Gasteiger partial charge in [-0.1, -0.05) is 11.6 Å². The maximum absolute atomic E-state index is 9.18. The average molecular weight is 264 g/mol. The molecule has 1 unspecified atom stereocenters. The van der Waals surface area contributed by atoms with Crippen molar-refractivity contribution < 1.29 is 0 Å². The quantitative estimate of drug-likeness (QED) is 0.911. The van der Waals surface area contributed by atoms with Crippen LogP contribution < -0.4 is 10.2 Å². The molecule has 1 N–H and O–H groups in total. The first-order valence-corrected chi connectivity index (χ1v) is 6.71. The minimum Gasteiger partial charge on any atom is -0.370 e. The van der Waals surface area contributed by atoms with Gasteiger partial charge in [0.1, 0.15) is 6.07 Å². The summed E-state index contributed by atoms with van der Waals surface area (Å²) in [4.78, 5) is 2.29. The standard InChI is InChI=1S/C14H18ClN3/c1-17-9-11-3-2-6-18(10-11)14-7-13(15)5-4-12(14)8-16/h4-5,7,11,17H,2-3,6,9-10H2,1H3. The highest BCUT2D eigenvalue weighted by atomic mass is 35.5. The van der Waals surface area contributed by atoms with Crippen LogP contribution in [-0.2, 0) is 0 Å². The summed E-state index contributed by atoms with van der Waals surface area (Å²) in [6.45, 7) is 3.03. The van der Waals surface area contributed by atoms with E-state index in [9.17, 15) is 5.26 Å². The Kier molecular flexibility index (Phi) is 4.46. The van der Waals surface area contributed by atoms with Gasteiger partial charge in [0.05, 0.1) is 11.3 Å². The number of piperidine rings is 1. The van der Waals surface area contributed by atoms with E-state index in [0.717, 1.165) is 25.3 Å². The fourth-order valence-corrected chi connectivity index (χ4v) is 2.77. The van der Waals surface area contributed by atoms with Gasteiger partial charge in [-0.3, -0.25) is 0 Å². The topological polar surface area (TPSA) is 39.1 Å². The van der Waals surface area contributed by atoms with Crippen LogP contribution in [0.3, 0.4) is 0 Å². The Balaban J connectivity index is 2.20. The van der Waals surface area contributed by atoms with E-state index in [-0.39, 0.29) is 0 Å². The molecule has 1 atom stereocenters. The molecule has 1 aromatic carbocycles. The summed E-state index contributed by atoms with van der Waals surface area (Å²) in [7, 11) is 1.99. The molecule has 2 rings (SSSR count). The summed E-state index contributed by atoms with van der Waals surface area (Å²) in [5, 5.41) is 13.1. The lowest BCUT2D eigenvalue weighted by atomic mass is 9.97. The Morgan fingerprint density at radius 3 is 3.11 bits per heavy atom. The number of hydrogen-bond donors (Lipinski definition) is 1. The number of nitrogens with one attached hydrogen (secondary N) is 1. The van der Waals surface area contributed by atoms with Crippen LogP contribution in [0.15, 0.2) is 18.2 Å². The molecule has 1 saturated heterocycles. The Hall–Kier alpha value is -1.24. The second-order valence-corrected chi connectivity index (χ2v) is 5.22. The molecule has 96 valence electrons. The van der Waals surface area contributed by atoms with Crippen LogP contribution in [-0.4, -0.2) is 26.7 Å². The van der Waals surface area contributed by atoms with Crippen molar-refractivity contribution in [2.75, 3.05) is 31.6 Å². The first-order chi connectivity index (χ1) is 8.74. The van der Waals surface area contributed by atoms with Crippen LogP contribution >= 0.6 is 11.6 Å². The van der Waals surface area contributed by atoms with Gasteiger partial charge in [-0.25, -0.2) is 0 Å². The lowest BCUT2D eigenvalue weighted by Gasteiger charge is -2.35. The molecule has 4 heteroatoms. The van der Waals surface area contributed by atoms with Gasteiger partial charge in [0.15, 0.2) is 0 Å². The summed E-state index contributed by atoms with van der Waals surface area (Å²) in [6.07, 6.45) is 2.42. The Labute approximate surface area is 113 Å². The highest BCUT2D eigenvalue weighted by Crippen LogP contribution is 2.28. The normalized spacial score (nSPS) is 19.6. The van der Waals surface area contributed by atoms with E-state index in [0.29, 0.717) is 16.5 Å². The Bertz CT molecular complexity index is 451. The lowest BCUT2D eigenvalue weighted by molar-refractivity contribution is 0.403. The molecule has 0 saturated carbocycles. The molecule has 0 aromatic heterocycles. The maximum atomic E-state index is 9.18. The van der Waals surface area contributed by atoms with Crippen LogP contribution in [0, 0.1) is 17.2 Å². The number of rotatable bonds is 3. The second kappa shape index (κ2) is 6.08. The molecular weight excluding hydrogens is 246 g/mol. The van der Waals surface area contributed by atoms with Gasteiger partial charge in [-0.2, -0.15) is 5.26 Å². The zero-order valence-electron chi connectivity index (χ0n) is 10.6. The molecule has 0 spiro atoms. The molecule has 18 heavy (non-hydrogen) atoms. The SMILES string of the molecule is CNCC1CCCN(c2cc(Cl)ccc2C#N)C1. The van der Waals surface area contributed by atoms with E-state index in [1.807, 2.05) is 13.1 Å². The van der Waals surface area contributed by atoms with Gasteiger partial charge in [-0.05, 0) is 50.6 Å². The van der Waals surface area contributed by atoms with E-state index in [4.69, 9.17) is 11.6 Å². The fraction of sp³-hybridized carbons (Fsp3) is 0.500. The van der Waals surface area contributed by atoms with Crippen LogP contribution in [0.25, 0.3) is 0 Å². The minimum absolute atomic E-state index is 0.647. The van der Waals surface area contributed by atoms with Crippen LogP contribution in [0.2, 0.25) is 5.02 Å². The van der Waals surface area contributed by atoms with Gasteiger partial charge in [0.2, 0.25) is 0 Å². The number of nitrogens with zero attached hydrogens (tertiary/aromatic N) is 2. The van der Waals surface area contributed by atoms with E-state index >= 15 is 0 Å². The Morgan fingerprint density at radius 1 is 1.56 bits per heavy atom. The molecule has 1 aliphatic heterocycles. The maximum Gasteiger partial charge on any atom is 0.101 e. The third-order valence-electron chi connectivity index (χ3n) is 3.43. The average Bonchev–Trinajstić information content (AvgIpc) is 2.39. The molecule has 1 fully saturated rings. The van der Waals surface area contributed by atoms with Gasteiger partial charge in [0.25, 0.3) is 0 Å². The molecule has 0 aliphatic carbocycles. The number of halogens is 1.